The second-order valence-corrected chi connectivity index (χ2v) is 29.4. The standard InChI is InChI=1S/C74H134N28O20/c1-47(103)94-51(18-9-29-91-72(80)81)68(115)101-35-14-23-56(101)67(114)99-53(20-11-31-93-74(84)85)70(117)102-36-13-22-55(102)66(113)98-49(17-8-28-90-71(78)79)63(110)88-27-7-4-24-58(105)96-52(19-10-30-92-73(82)83)69(116)100-34-12-21-54(100)65(112)89-33-38-119-40-42-120-41-39-118-37-32-87-60(107)45-122-44-59(106)86-26-6-3-16-50(95-61(108)46-121-43-57(76)104)64(111)97-48(62(77)109)15-2-5-25-75/h48-56H,2-46,75H2,1H3,(H2,76,104)(H2,77,109)(H,86,106)(H,87,107)(H,88,110)(H,89,112)(H,94,103)(H,95,108)(H,96,105)(H,97,111)(H,98,113)(H,99,114)(H4,78,79,90)(H4,80,81,91)(H4,82,83,92)(H4,84,85,93)/t48?,49?,50?,51?,52?,53-,54-,55-,56?/m1/s1. The highest BCUT2D eigenvalue weighted by Gasteiger charge is 2.43. The minimum Gasteiger partial charge on any atom is -0.377 e. The molecule has 3 saturated heterocycles. The van der Waals surface area contributed by atoms with Gasteiger partial charge in [0, 0.05) is 85.3 Å². The van der Waals surface area contributed by atoms with Gasteiger partial charge in [0.25, 0.3) is 0 Å². The zero-order chi connectivity index (χ0) is 90.2. The van der Waals surface area contributed by atoms with Gasteiger partial charge in [-0.3, -0.25) is 93.6 Å². The van der Waals surface area contributed by atoms with Crippen LogP contribution in [0.3, 0.4) is 0 Å². The number of nitrogens with two attached hydrogens (primary N) is 7. The van der Waals surface area contributed by atoms with Gasteiger partial charge in [0.1, 0.15) is 80.8 Å². The van der Waals surface area contributed by atoms with Crippen molar-refractivity contribution in [3.63, 3.8) is 0 Å². The lowest BCUT2D eigenvalue weighted by atomic mass is 10.1. The van der Waals surface area contributed by atoms with Crippen molar-refractivity contribution in [2.24, 2.45) is 40.1 Å². The van der Waals surface area contributed by atoms with Gasteiger partial charge in [-0.25, -0.2) is 0 Å². The predicted octanol–water partition coefficient (Wildman–Crippen LogP) is -9.07. The number of nitrogens with zero attached hydrogens (tertiary/aromatic N) is 3. The lowest BCUT2D eigenvalue weighted by Gasteiger charge is -2.32. The van der Waals surface area contributed by atoms with Gasteiger partial charge in [-0.05, 0) is 148 Å². The molecule has 0 bridgehead atoms. The Labute approximate surface area is 709 Å². The Morgan fingerprint density at radius 2 is 0.697 bits per heavy atom. The molecule has 0 aromatic rings. The van der Waals surface area contributed by atoms with Crippen LogP contribution in [0, 0.1) is 21.6 Å². The Morgan fingerprint density at radius 3 is 1.16 bits per heavy atom. The number of rotatable bonds is 65. The molecular weight excluding hydrogens is 1600 g/mol. The fraction of sp³-hybridized carbons (Fsp3) is 0.743. The molecular formula is C74H134N28O20. The van der Waals surface area contributed by atoms with E-state index < -0.39 is 169 Å². The maximum Gasteiger partial charge on any atom is 0.246 e. The largest absolute Gasteiger partial charge is 0.377 e. The van der Waals surface area contributed by atoms with Crippen molar-refractivity contribution >= 4 is 112 Å². The molecule has 0 spiro atoms. The van der Waals surface area contributed by atoms with Crippen LogP contribution in [0.5, 0.6) is 0 Å². The molecule has 3 fully saturated rings. The molecule has 3 aliphatic heterocycles. The average Bonchev–Trinajstić information content (AvgIpc) is 1.64. The normalized spacial score (nSPS) is 16.2. The molecule has 0 aromatic carbocycles. The van der Waals surface area contributed by atoms with E-state index in [9.17, 15) is 71.9 Å². The van der Waals surface area contributed by atoms with E-state index >= 15 is 0 Å². The third kappa shape index (κ3) is 45.0. The van der Waals surface area contributed by atoms with Crippen molar-refractivity contribution in [1.29, 1.82) is 21.6 Å². The number of ether oxygens (including phenoxy) is 5. The van der Waals surface area contributed by atoms with Gasteiger partial charge in [-0.1, -0.05) is 0 Å². The molecule has 0 radical (unpaired) electrons. The van der Waals surface area contributed by atoms with Crippen molar-refractivity contribution in [3.05, 3.63) is 0 Å². The van der Waals surface area contributed by atoms with Crippen LogP contribution in [0.1, 0.15) is 155 Å². The van der Waals surface area contributed by atoms with Crippen LogP contribution < -0.4 is 115 Å². The molecule has 3 rings (SSSR count). The number of amides is 15. The molecule has 6 unspecified atom stereocenters. The fourth-order valence-corrected chi connectivity index (χ4v) is 13.5. The van der Waals surface area contributed by atoms with Crippen LogP contribution >= 0.6 is 0 Å². The van der Waals surface area contributed by atoms with E-state index in [1.165, 1.54) is 21.6 Å². The Kier molecular flexibility index (Phi) is 52.7. The minimum absolute atomic E-state index is 0.0385. The topological polar surface area (TPSA) is 758 Å². The molecule has 0 aliphatic carbocycles. The number of hydrogen-bond donors (Lipinski definition) is 25. The summed E-state index contributed by atoms with van der Waals surface area (Å²) in [5.74, 6) is -9.85. The van der Waals surface area contributed by atoms with E-state index in [1.807, 2.05) is 0 Å². The Balaban J connectivity index is 1.43. The Bertz CT molecular complexity index is 3400. The van der Waals surface area contributed by atoms with E-state index in [2.05, 4.69) is 74.4 Å². The van der Waals surface area contributed by atoms with Gasteiger partial charge in [0.05, 0.1) is 39.6 Å². The highest BCUT2D eigenvalue weighted by Crippen LogP contribution is 2.24. The summed E-state index contributed by atoms with van der Waals surface area (Å²) in [6, 6.07) is -9.40. The Hall–Kier alpha value is -11.1. The van der Waals surface area contributed by atoms with E-state index in [-0.39, 0.29) is 219 Å². The number of hydrogen-bond acceptors (Lipinski definition) is 25. The van der Waals surface area contributed by atoms with Gasteiger partial charge >= 0.3 is 0 Å². The molecule has 15 amide bonds. The van der Waals surface area contributed by atoms with Crippen molar-refractivity contribution < 1.29 is 95.6 Å². The molecule has 3 aliphatic rings. The lowest BCUT2D eigenvalue weighted by Crippen LogP contribution is -2.58. The summed E-state index contributed by atoms with van der Waals surface area (Å²) in [5, 5.41) is 67.9. The highest BCUT2D eigenvalue weighted by atomic mass is 16.5. The number of primary amides is 2. The number of nitrogens with one attached hydrogen (secondary N) is 18. The smallest absolute Gasteiger partial charge is 0.246 e. The molecule has 48 nitrogen and oxygen atoms in total. The minimum atomic E-state index is -1.21. The van der Waals surface area contributed by atoms with E-state index in [4.69, 9.17) is 85.5 Å². The SMILES string of the molecule is CC(=O)NC(CCCNC(=N)N)C(=O)N1CCCC1C(=O)N[C@H](CCCNC(=N)N)C(=O)N1CCC[C@@H]1C(=O)NC(CCCNC(=N)N)C(=O)NCCCCC(=O)NC(CCCNC(=N)N)C(=O)N1CCC[C@@H]1C(=O)NCCOCCOCCOCCNC(=O)COCC(=O)NCCCCC(NC(=O)COCC(N)=O)C(=O)NC(CCCCN)C(N)=O. The first-order valence-electron chi connectivity index (χ1n) is 41.6. The monoisotopic (exact) mass is 1740 g/mol. The van der Waals surface area contributed by atoms with Gasteiger partial charge in [-0.15, -0.1) is 0 Å². The first-order valence-corrected chi connectivity index (χ1v) is 41.6. The van der Waals surface area contributed by atoms with Crippen molar-refractivity contribution in [1.82, 2.24) is 89.1 Å². The van der Waals surface area contributed by atoms with Crippen molar-refractivity contribution in [3.8, 4) is 0 Å². The van der Waals surface area contributed by atoms with Crippen LogP contribution in [-0.2, 0) is 95.6 Å². The van der Waals surface area contributed by atoms with Crippen LogP contribution in [0.15, 0.2) is 0 Å². The zero-order valence-electron chi connectivity index (χ0n) is 70.1. The van der Waals surface area contributed by atoms with Gasteiger partial charge in [0.2, 0.25) is 88.6 Å². The molecule has 9 atom stereocenters. The number of likely N-dealkylation sites (tertiary alicyclic amines) is 3. The summed E-state index contributed by atoms with van der Waals surface area (Å²) in [6.45, 7) is 2.72. The van der Waals surface area contributed by atoms with Gasteiger partial charge < -0.3 is 153 Å². The summed E-state index contributed by atoms with van der Waals surface area (Å²) < 4.78 is 26.8. The molecule has 48 heteroatoms. The molecule has 690 valence electrons. The zero-order valence-corrected chi connectivity index (χ0v) is 70.1. The Morgan fingerprint density at radius 1 is 0.336 bits per heavy atom. The molecule has 122 heavy (non-hydrogen) atoms. The third-order valence-corrected chi connectivity index (χ3v) is 19.4. The second kappa shape index (κ2) is 61.2. The van der Waals surface area contributed by atoms with E-state index in [1.54, 1.807) is 0 Å². The summed E-state index contributed by atoms with van der Waals surface area (Å²) in [7, 11) is 0. The van der Waals surface area contributed by atoms with Crippen LogP contribution in [-0.4, -0.2) is 326 Å². The van der Waals surface area contributed by atoms with E-state index in [0.717, 1.165) is 0 Å². The number of carbonyl (C=O) groups excluding carboxylic acids is 15. The number of guanidine groups is 4. The number of carbonyl (C=O) groups is 15. The van der Waals surface area contributed by atoms with Gasteiger partial charge in [0.15, 0.2) is 23.8 Å². The summed E-state index contributed by atoms with van der Waals surface area (Å²) in [6.07, 6.45) is 6.47. The van der Waals surface area contributed by atoms with Crippen molar-refractivity contribution in [2.75, 3.05) is 145 Å². The first kappa shape index (κ1) is 105. The molecule has 32 N–H and O–H groups in total. The van der Waals surface area contributed by atoms with E-state index in [0.29, 0.717) is 70.8 Å². The molecule has 0 aromatic heterocycles. The van der Waals surface area contributed by atoms with Crippen molar-refractivity contribution in [2.45, 2.75) is 209 Å². The summed E-state index contributed by atoms with van der Waals surface area (Å²) in [5.41, 5.74) is 38.0. The molecule has 3 heterocycles. The van der Waals surface area contributed by atoms with Crippen LogP contribution in [0.25, 0.3) is 0 Å². The average molecular weight is 1740 g/mol. The summed E-state index contributed by atoms with van der Waals surface area (Å²) in [4.78, 5) is 202. The lowest BCUT2D eigenvalue weighted by molar-refractivity contribution is -0.144. The predicted molar refractivity (Wildman–Crippen MR) is 443 cm³/mol. The van der Waals surface area contributed by atoms with Crippen LogP contribution in [0.2, 0.25) is 0 Å². The molecule has 0 saturated carbocycles. The maximum absolute atomic E-state index is 14.6. The second-order valence-electron chi connectivity index (χ2n) is 29.4. The van der Waals surface area contributed by atoms with Crippen LogP contribution in [0.4, 0.5) is 0 Å². The third-order valence-electron chi connectivity index (χ3n) is 19.4. The first-order chi connectivity index (χ1) is 58.3. The quantitative estimate of drug-likeness (QED) is 0.0153. The maximum atomic E-state index is 14.6. The highest BCUT2D eigenvalue weighted by molar-refractivity contribution is 5.98. The van der Waals surface area contributed by atoms with Gasteiger partial charge in [-0.2, -0.15) is 0 Å². The summed E-state index contributed by atoms with van der Waals surface area (Å²) >= 11 is 0. The number of unbranched alkanes of at least 4 members (excludes halogenated alkanes) is 3. The fourth-order valence-electron chi connectivity index (χ4n) is 13.5.